The molecule has 6 heteroatoms. The molecule has 0 atom stereocenters. The van der Waals surface area contributed by atoms with Crippen molar-refractivity contribution in [1.82, 2.24) is 4.90 Å². The minimum atomic E-state index is -0.666. The molecule has 12 heavy (non-hydrogen) atoms. The van der Waals surface area contributed by atoms with Crippen molar-refractivity contribution in [3.8, 4) is 0 Å². The quantitative estimate of drug-likeness (QED) is 0.484. The van der Waals surface area contributed by atoms with E-state index in [-0.39, 0.29) is 6.07 Å². The number of hydrogen-bond acceptors (Lipinski definition) is 4. The Morgan fingerprint density at radius 3 is 2.33 bits per heavy atom. The molecule has 0 aliphatic rings. The molecule has 0 aromatic heterocycles. The van der Waals surface area contributed by atoms with E-state index in [4.69, 9.17) is 11.6 Å². The number of carbonyl (C=O) groups is 2. The molecule has 0 aromatic rings. The number of halogens is 1. The molecule has 0 spiro atoms. The molecule has 0 fully saturated rings. The van der Waals surface area contributed by atoms with Crippen LogP contribution in [0.4, 0.5) is 4.79 Å². The van der Waals surface area contributed by atoms with Crippen LogP contribution in [0.2, 0.25) is 0 Å². The molecule has 1 amide bonds. The summed E-state index contributed by atoms with van der Waals surface area (Å²) in [4.78, 5) is 22.5. The average molecular weight is 196 g/mol. The van der Waals surface area contributed by atoms with Crippen LogP contribution in [-0.4, -0.2) is 43.7 Å². The third kappa shape index (κ3) is 4.79. The molecule has 0 bridgehead atoms. The van der Waals surface area contributed by atoms with Gasteiger partial charge in [0.1, 0.15) is 0 Å². The van der Waals surface area contributed by atoms with E-state index >= 15 is 0 Å². The van der Waals surface area contributed by atoms with Crippen molar-refractivity contribution in [2.75, 3.05) is 26.8 Å². The van der Waals surface area contributed by atoms with Crippen LogP contribution in [0.3, 0.4) is 0 Å². The number of amides is 1. The summed E-state index contributed by atoms with van der Waals surface area (Å²) >= 11 is 5.08. The van der Waals surface area contributed by atoms with Gasteiger partial charge in [0.15, 0.2) is 12.7 Å². The fraction of sp³-hybridized carbons (Fsp3) is 0.667. The van der Waals surface area contributed by atoms with Crippen LogP contribution >= 0.6 is 11.6 Å². The van der Waals surface area contributed by atoms with Crippen LogP contribution in [0, 0.1) is 0 Å². The van der Waals surface area contributed by atoms with Crippen molar-refractivity contribution in [3.05, 3.63) is 0 Å². The van der Waals surface area contributed by atoms with Crippen molar-refractivity contribution in [1.29, 1.82) is 0 Å². The molecule has 0 aliphatic heterocycles. The third-order valence-electron chi connectivity index (χ3n) is 0.894. The summed E-state index contributed by atoms with van der Waals surface area (Å²) in [5.41, 5.74) is 0. The summed E-state index contributed by atoms with van der Waals surface area (Å²) in [5, 5.41) is 0. The zero-order valence-electron chi connectivity index (χ0n) is 6.87. The largest absolute Gasteiger partial charge is 0.447 e. The maximum atomic E-state index is 10.7. The van der Waals surface area contributed by atoms with Gasteiger partial charge in [-0.25, -0.2) is 9.59 Å². The first-order valence-corrected chi connectivity index (χ1v) is 3.67. The van der Waals surface area contributed by atoms with Crippen molar-refractivity contribution < 1.29 is 19.1 Å². The van der Waals surface area contributed by atoms with E-state index < -0.39 is 18.7 Å². The predicted octanol–water partition coefficient (Wildman–Crippen LogP) is 0.424. The highest BCUT2D eigenvalue weighted by Gasteiger charge is 2.08. The maximum absolute atomic E-state index is 10.7. The first-order valence-electron chi connectivity index (χ1n) is 3.13. The lowest BCUT2D eigenvalue weighted by atomic mass is 10.7. The number of ether oxygens (including phenoxy) is 2. The van der Waals surface area contributed by atoms with Crippen LogP contribution in [0.5, 0.6) is 0 Å². The van der Waals surface area contributed by atoms with Gasteiger partial charge in [-0.2, -0.15) is 0 Å². The van der Waals surface area contributed by atoms with E-state index in [0.29, 0.717) is 0 Å². The third-order valence-corrected chi connectivity index (χ3v) is 1.00. The monoisotopic (exact) mass is 195 g/mol. The Balaban J connectivity index is 3.54. The van der Waals surface area contributed by atoms with Gasteiger partial charge in [-0.1, -0.05) is 11.6 Å². The first-order chi connectivity index (χ1) is 5.57. The van der Waals surface area contributed by atoms with Gasteiger partial charge in [0, 0.05) is 14.1 Å². The number of alkyl halides is 1. The molecule has 0 rings (SSSR count). The van der Waals surface area contributed by atoms with E-state index in [1.165, 1.54) is 19.0 Å². The van der Waals surface area contributed by atoms with E-state index in [1.807, 2.05) is 0 Å². The van der Waals surface area contributed by atoms with Crippen LogP contribution < -0.4 is 0 Å². The molecule has 70 valence electrons. The van der Waals surface area contributed by atoms with Gasteiger partial charge in [0.2, 0.25) is 0 Å². The maximum Gasteiger partial charge on any atom is 0.409 e. The fourth-order valence-electron chi connectivity index (χ4n) is 0.352. The molecule has 0 aromatic carbocycles. The van der Waals surface area contributed by atoms with Crippen LogP contribution in [0.1, 0.15) is 0 Å². The van der Waals surface area contributed by atoms with Gasteiger partial charge in [-0.05, 0) is 0 Å². The highest BCUT2D eigenvalue weighted by molar-refractivity contribution is 6.17. The summed E-state index contributed by atoms with van der Waals surface area (Å²) in [6, 6.07) is -0.238. The van der Waals surface area contributed by atoms with Crippen molar-refractivity contribution in [2.45, 2.75) is 0 Å². The van der Waals surface area contributed by atoms with Crippen LogP contribution in [0.25, 0.3) is 0 Å². The molecule has 0 radical (unpaired) electrons. The molecule has 0 N–H and O–H groups in total. The minimum Gasteiger partial charge on any atom is -0.447 e. The first kappa shape index (κ1) is 11.0. The Kier molecular flexibility index (Phi) is 5.19. The van der Waals surface area contributed by atoms with Gasteiger partial charge in [0.25, 0.3) is 0 Å². The fourth-order valence-corrected chi connectivity index (χ4v) is 0.474. The van der Waals surface area contributed by atoms with Gasteiger partial charge in [0.05, 0.1) is 0 Å². The lowest BCUT2D eigenvalue weighted by molar-refractivity contribution is -0.145. The smallest absolute Gasteiger partial charge is 0.409 e. The Morgan fingerprint density at radius 2 is 1.92 bits per heavy atom. The number of nitrogens with zero attached hydrogens (tertiary/aromatic N) is 1. The summed E-state index contributed by atoms with van der Waals surface area (Å²) in [7, 11) is 3.02. The lowest BCUT2D eigenvalue weighted by Crippen LogP contribution is -2.25. The molecule has 0 unspecified atom stereocenters. The Hall–Kier alpha value is -0.970. The second-order valence-electron chi connectivity index (χ2n) is 2.07. The molecule has 0 heterocycles. The second kappa shape index (κ2) is 5.65. The summed E-state index contributed by atoms with van der Waals surface area (Å²) in [6.07, 6.45) is -0.596. The molecular formula is C6H10ClNO4. The van der Waals surface area contributed by atoms with E-state index in [0.717, 1.165) is 0 Å². The number of carbonyl (C=O) groups excluding carboxylic acids is 2. The second-order valence-corrected chi connectivity index (χ2v) is 2.29. The zero-order chi connectivity index (χ0) is 9.56. The normalized spacial score (nSPS) is 8.92. The molecule has 0 aliphatic carbocycles. The lowest BCUT2D eigenvalue weighted by Gasteiger charge is -2.09. The average Bonchev–Trinajstić information content (AvgIpc) is 2.00. The molecule has 5 nitrogen and oxygen atoms in total. The highest BCUT2D eigenvalue weighted by Crippen LogP contribution is 1.88. The Labute approximate surface area is 75.2 Å². The molecular weight excluding hydrogens is 186 g/mol. The minimum absolute atomic E-state index is 0.238. The number of esters is 1. The number of rotatable bonds is 3. The SMILES string of the molecule is CN(C)C(=O)OCC(=O)OCCl. The van der Waals surface area contributed by atoms with Crippen molar-refractivity contribution in [2.24, 2.45) is 0 Å². The topological polar surface area (TPSA) is 55.8 Å². The summed E-state index contributed by atoms with van der Waals surface area (Å²) in [5.74, 6) is -0.666. The summed E-state index contributed by atoms with van der Waals surface area (Å²) < 4.78 is 8.77. The predicted molar refractivity (Wildman–Crippen MR) is 41.8 cm³/mol. The Morgan fingerprint density at radius 1 is 1.33 bits per heavy atom. The standard InChI is InChI=1S/C6H10ClNO4/c1-8(2)6(10)11-3-5(9)12-4-7/h3-4H2,1-2H3. The highest BCUT2D eigenvalue weighted by atomic mass is 35.5. The van der Waals surface area contributed by atoms with Gasteiger partial charge < -0.3 is 14.4 Å². The molecule has 0 saturated heterocycles. The zero-order valence-corrected chi connectivity index (χ0v) is 7.63. The van der Waals surface area contributed by atoms with Crippen molar-refractivity contribution in [3.63, 3.8) is 0 Å². The van der Waals surface area contributed by atoms with Crippen molar-refractivity contribution >= 4 is 23.7 Å². The number of hydrogen-bond donors (Lipinski definition) is 0. The summed E-state index contributed by atoms with van der Waals surface area (Å²) in [6.45, 7) is -0.413. The van der Waals surface area contributed by atoms with Gasteiger partial charge in [-0.3, -0.25) is 0 Å². The van der Waals surface area contributed by atoms with Gasteiger partial charge >= 0.3 is 12.1 Å². The van der Waals surface area contributed by atoms with Crippen LogP contribution in [0.15, 0.2) is 0 Å². The van der Waals surface area contributed by atoms with Crippen LogP contribution in [-0.2, 0) is 14.3 Å². The van der Waals surface area contributed by atoms with E-state index in [2.05, 4.69) is 9.47 Å². The van der Waals surface area contributed by atoms with E-state index in [9.17, 15) is 9.59 Å². The molecule has 0 saturated carbocycles. The van der Waals surface area contributed by atoms with E-state index in [1.54, 1.807) is 0 Å². The van der Waals surface area contributed by atoms with Gasteiger partial charge in [-0.15, -0.1) is 0 Å². The Bertz CT molecular complexity index is 171.